The van der Waals surface area contributed by atoms with Crippen LogP contribution in [0, 0.1) is 0 Å². The number of fused-ring (bicyclic) bond motifs is 3. The molecule has 6 heteroatoms. The van der Waals surface area contributed by atoms with Gasteiger partial charge < -0.3 is 0 Å². The van der Waals surface area contributed by atoms with Crippen LogP contribution in [0.2, 0.25) is 0 Å². The lowest BCUT2D eigenvalue weighted by atomic mass is 9.99. The topological polar surface area (TPSA) is 77.3 Å². The lowest BCUT2D eigenvalue weighted by molar-refractivity contribution is 1.07. The number of para-hydroxylation sites is 1. The predicted molar refractivity (Wildman–Crippen MR) is 226 cm³/mol. The Hall–Kier alpha value is -7.70. The molecule has 6 nitrogen and oxygen atoms in total. The van der Waals surface area contributed by atoms with Gasteiger partial charge in [0.05, 0.1) is 22.6 Å². The number of nitrogens with zero attached hydrogens (tertiary/aromatic N) is 6. The maximum absolute atomic E-state index is 5.18. The molecule has 0 amide bonds. The van der Waals surface area contributed by atoms with Gasteiger partial charge in [0.25, 0.3) is 0 Å². The molecule has 10 rings (SSSR count). The molecular weight excluding hydrogens is 685 g/mol. The number of hydrogen-bond donors (Lipinski definition) is 0. The highest BCUT2D eigenvalue weighted by Gasteiger charge is 2.15. The zero-order valence-electron chi connectivity index (χ0n) is 30.2. The summed E-state index contributed by atoms with van der Waals surface area (Å²) < 4.78 is 0. The molecule has 0 saturated heterocycles. The highest BCUT2D eigenvalue weighted by atomic mass is 15.0. The van der Waals surface area contributed by atoms with Gasteiger partial charge in [-0.1, -0.05) is 146 Å². The van der Waals surface area contributed by atoms with Crippen molar-refractivity contribution in [1.82, 2.24) is 29.9 Å². The van der Waals surface area contributed by atoms with E-state index in [0.29, 0.717) is 17.5 Å². The largest absolute Gasteiger partial charge is 0.264 e. The quantitative estimate of drug-likeness (QED) is 0.153. The summed E-state index contributed by atoms with van der Waals surface area (Å²) in [5, 5.41) is 3.39. The first kappa shape index (κ1) is 32.9. The van der Waals surface area contributed by atoms with E-state index in [1.54, 1.807) is 6.20 Å². The van der Waals surface area contributed by atoms with Crippen molar-refractivity contribution >= 4 is 21.7 Å². The third kappa shape index (κ3) is 6.35. The first-order chi connectivity index (χ1) is 27.7. The van der Waals surface area contributed by atoms with Crippen LogP contribution >= 0.6 is 0 Å². The Morgan fingerprint density at radius 3 is 1.57 bits per heavy atom. The molecular formula is C50H32N6. The maximum atomic E-state index is 5.18. The van der Waals surface area contributed by atoms with Gasteiger partial charge in [0.2, 0.25) is 0 Å². The summed E-state index contributed by atoms with van der Waals surface area (Å²) in [6.45, 7) is 0. The molecule has 10 aromatic rings. The van der Waals surface area contributed by atoms with Crippen molar-refractivity contribution in [3.05, 3.63) is 194 Å². The zero-order valence-corrected chi connectivity index (χ0v) is 30.2. The van der Waals surface area contributed by atoms with E-state index in [1.165, 1.54) is 5.39 Å². The Labute approximate surface area is 324 Å². The van der Waals surface area contributed by atoms with Gasteiger partial charge >= 0.3 is 0 Å². The van der Waals surface area contributed by atoms with Crippen LogP contribution < -0.4 is 0 Å². The van der Waals surface area contributed by atoms with Crippen LogP contribution in [-0.2, 0) is 0 Å². The number of hydrogen-bond acceptors (Lipinski definition) is 6. The molecule has 0 aliphatic carbocycles. The fraction of sp³-hybridized carbons (Fsp3) is 0. The number of rotatable bonds is 7. The van der Waals surface area contributed by atoms with Crippen LogP contribution in [0.3, 0.4) is 0 Å². The van der Waals surface area contributed by atoms with Crippen molar-refractivity contribution in [2.75, 3.05) is 0 Å². The summed E-state index contributed by atoms with van der Waals surface area (Å²) in [7, 11) is 0. The first-order valence-electron chi connectivity index (χ1n) is 18.5. The molecule has 56 heavy (non-hydrogen) atoms. The monoisotopic (exact) mass is 716 g/mol. The first-order valence-corrected chi connectivity index (χ1v) is 18.5. The molecule has 0 unspecified atom stereocenters. The minimum Gasteiger partial charge on any atom is -0.264 e. The molecule has 0 bridgehead atoms. The van der Waals surface area contributed by atoms with Crippen molar-refractivity contribution < 1.29 is 0 Å². The number of aromatic nitrogens is 6. The average molecular weight is 717 g/mol. The van der Waals surface area contributed by atoms with Gasteiger partial charge in [-0.05, 0) is 64.0 Å². The fourth-order valence-corrected chi connectivity index (χ4v) is 7.22. The van der Waals surface area contributed by atoms with E-state index in [-0.39, 0.29) is 0 Å². The summed E-state index contributed by atoms with van der Waals surface area (Å²) in [6, 6.07) is 62.1. The Balaban J connectivity index is 1.01. The lowest BCUT2D eigenvalue weighted by Crippen LogP contribution is -2.00. The van der Waals surface area contributed by atoms with Crippen LogP contribution in [0.25, 0.3) is 101 Å². The SMILES string of the molecule is c1ccc(-c2nc(-c3ccc(-c4cccnc4)cc3)nc(-c3cccc(-c4cccc(-c5cccc(-c6nc7ccccc7c7ccccc67)n5)c4)c3)n2)cc1. The molecule has 4 heterocycles. The highest BCUT2D eigenvalue weighted by molar-refractivity contribution is 6.10. The van der Waals surface area contributed by atoms with E-state index in [1.807, 2.05) is 54.7 Å². The van der Waals surface area contributed by atoms with Gasteiger partial charge in [-0.25, -0.2) is 24.9 Å². The van der Waals surface area contributed by atoms with Crippen LogP contribution in [0.5, 0.6) is 0 Å². The lowest BCUT2D eigenvalue weighted by Gasteiger charge is -2.12. The third-order valence-electron chi connectivity index (χ3n) is 10.0. The zero-order chi connectivity index (χ0) is 37.3. The van der Waals surface area contributed by atoms with Gasteiger partial charge in [-0.3, -0.25) is 4.98 Å². The van der Waals surface area contributed by atoms with Gasteiger partial charge in [-0.2, -0.15) is 0 Å². The second kappa shape index (κ2) is 14.3. The van der Waals surface area contributed by atoms with Gasteiger partial charge in [0.1, 0.15) is 0 Å². The maximum Gasteiger partial charge on any atom is 0.164 e. The fourth-order valence-electron chi connectivity index (χ4n) is 7.22. The van der Waals surface area contributed by atoms with Gasteiger partial charge in [0.15, 0.2) is 17.5 Å². The van der Waals surface area contributed by atoms with E-state index >= 15 is 0 Å². The van der Waals surface area contributed by atoms with Crippen molar-refractivity contribution in [2.45, 2.75) is 0 Å². The van der Waals surface area contributed by atoms with Crippen LogP contribution in [0.1, 0.15) is 0 Å². The molecule has 0 saturated carbocycles. The summed E-state index contributed by atoms with van der Waals surface area (Å²) in [5.41, 5.74) is 11.5. The van der Waals surface area contributed by atoms with Crippen molar-refractivity contribution in [1.29, 1.82) is 0 Å². The van der Waals surface area contributed by atoms with Gasteiger partial charge in [0, 0.05) is 45.4 Å². The van der Waals surface area contributed by atoms with Crippen LogP contribution in [0.15, 0.2) is 194 Å². The summed E-state index contributed by atoms with van der Waals surface area (Å²) in [6.07, 6.45) is 3.65. The predicted octanol–water partition coefficient (Wildman–Crippen LogP) is 12.0. The minimum absolute atomic E-state index is 0.604. The average Bonchev–Trinajstić information content (AvgIpc) is 3.29. The molecule has 0 N–H and O–H groups in total. The summed E-state index contributed by atoms with van der Waals surface area (Å²) in [5.74, 6) is 1.83. The number of pyridine rings is 3. The smallest absolute Gasteiger partial charge is 0.164 e. The van der Waals surface area contributed by atoms with Crippen LogP contribution in [-0.4, -0.2) is 29.9 Å². The van der Waals surface area contributed by atoms with Crippen LogP contribution in [0.4, 0.5) is 0 Å². The van der Waals surface area contributed by atoms with Crippen molar-refractivity contribution in [3.63, 3.8) is 0 Å². The summed E-state index contributed by atoms with van der Waals surface area (Å²) in [4.78, 5) is 29.5. The molecule has 262 valence electrons. The van der Waals surface area contributed by atoms with E-state index in [0.717, 1.165) is 77.9 Å². The van der Waals surface area contributed by atoms with Gasteiger partial charge in [-0.15, -0.1) is 0 Å². The third-order valence-corrected chi connectivity index (χ3v) is 10.0. The molecule has 0 fully saturated rings. The molecule has 0 atom stereocenters. The Morgan fingerprint density at radius 2 is 0.821 bits per heavy atom. The van der Waals surface area contributed by atoms with E-state index in [2.05, 4.69) is 138 Å². The summed E-state index contributed by atoms with van der Waals surface area (Å²) >= 11 is 0. The number of benzene rings is 6. The van der Waals surface area contributed by atoms with E-state index in [9.17, 15) is 0 Å². The molecule has 0 aliphatic heterocycles. The normalized spacial score (nSPS) is 11.2. The molecule has 0 spiro atoms. The highest BCUT2D eigenvalue weighted by Crippen LogP contribution is 2.34. The second-order valence-electron chi connectivity index (χ2n) is 13.6. The van der Waals surface area contributed by atoms with E-state index < -0.39 is 0 Å². The minimum atomic E-state index is 0.604. The van der Waals surface area contributed by atoms with E-state index in [4.69, 9.17) is 24.9 Å². The molecule has 0 aliphatic rings. The Morgan fingerprint density at radius 1 is 0.286 bits per heavy atom. The van der Waals surface area contributed by atoms with Crippen molar-refractivity contribution in [2.24, 2.45) is 0 Å². The molecule has 0 radical (unpaired) electrons. The van der Waals surface area contributed by atoms with Crippen molar-refractivity contribution in [3.8, 4) is 79.1 Å². The standard InChI is InChI=1S/C50H32N6/c1-2-12-34(13-3-1)48-54-49(35-27-25-33(26-28-35)40-18-11-29-51-32-40)56-50(55-48)39-17-9-15-37(31-39)36-14-8-16-38(30-36)44-23-10-24-46(52-44)47-43-21-5-4-19-41(43)42-20-6-7-22-45(42)53-47/h1-32H. The Bertz CT molecular complexity index is 3020. The molecule has 6 aromatic carbocycles. The Kier molecular flexibility index (Phi) is 8.39. The molecule has 4 aromatic heterocycles. The second-order valence-corrected chi connectivity index (χ2v) is 13.6.